The highest BCUT2D eigenvalue weighted by Crippen LogP contribution is 2.40. The lowest BCUT2D eigenvalue weighted by Gasteiger charge is -2.07. The van der Waals surface area contributed by atoms with Crippen molar-refractivity contribution >= 4 is 12.0 Å². The van der Waals surface area contributed by atoms with Crippen molar-refractivity contribution in [2.45, 2.75) is 6.42 Å². The molecular formula is C22H16O2. The van der Waals surface area contributed by atoms with E-state index in [9.17, 15) is 4.79 Å². The Balaban J connectivity index is 1.56. The molecule has 0 bridgehead atoms. The van der Waals surface area contributed by atoms with Crippen molar-refractivity contribution in [2.75, 3.05) is 0 Å². The van der Waals surface area contributed by atoms with Gasteiger partial charge in [-0.25, -0.2) is 4.79 Å². The largest absolute Gasteiger partial charge is 0.423 e. The number of hydrogen-bond acceptors (Lipinski definition) is 2. The Hall–Kier alpha value is -3.13. The van der Waals surface area contributed by atoms with Crippen LogP contribution in [0.4, 0.5) is 0 Å². The summed E-state index contributed by atoms with van der Waals surface area (Å²) < 4.78 is 5.58. The van der Waals surface area contributed by atoms with E-state index in [0.717, 1.165) is 23.1 Å². The molecule has 0 saturated carbocycles. The molecule has 0 atom stereocenters. The summed E-state index contributed by atoms with van der Waals surface area (Å²) in [5, 5.41) is 0. The minimum atomic E-state index is -0.358. The molecule has 1 aliphatic rings. The van der Waals surface area contributed by atoms with Crippen LogP contribution in [0, 0.1) is 0 Å². The van der Waals surface area contributed by atoms with Gasteiger partial charge in [-0.15, -0.1) is 0 Å². The van der Waals surface area contributed by atoms with Crippen LogP contribution in [0.3, 0.4) is 0 Å². The first kappa shape index (κ1) is 14.5. The van der Waals surface area contributed by atoms with Gasteiger partial charge in [-0.1, -0.05) is 66.7 Å². The molecule has 116 valence electrons. The van der Waals surface area contributed by atoms with Gasteiger partial charge < -0.3 is 4.74 Å². The predicted octanol–water partition coefficient (Wildman–Crippen LogP) is 4.88. The van der Waals surface area contributed by atoms with Gasteiger partial charge in [0.25, 0.3) is 0 Å². The average Bonchev–Trinajstić information content (AvgIpc) is 3.01. The highest BCUT2D eigenvalue weighted by Gasteiger charge is 2.21. The second-order valence-corrected chi connectivity index (χ2v) is 5.78. The fourth-order valence-corrected chi connectivity index (χ4v) is 3.09. The summed E-state index contributed by atoms with van der Waals surface area (Å²) in [4.78, 5) is 12.1. The SMILES string of the molecule is O=C(C=Cc1ccccc1)Oc1cccc2c1Cc1ccccc1-2. The van der Waals surface area contributed by atoms with E-state index in [4.69, 9.17) is 4.74 Å². The zero-order valence-corrected chi connectivity index (χ0v) is 13.1. The Labute approximate surface area is 141 Å². The molecule has 0 N–H and O–H groups in total. The second-order valence-electron chi connectivity index (χ2n) is 5.78. The number of hydrogen-bond donors (Lipinski definition) is 0. The minimum Gasteiger partial charge on any atom is -0.423 e. The van der Waals surface area contributed by atoms with Crippen LogP contribution in [-0.2, 0) is 11.2 Å². The maximum absolute atomic E-state index is 12.1. The van der Waals surface area contributed by atoms with Gasteiger partial charge in [0.05, 0.1) is 0 Å². The van der Waals surface area contributed by atoms with E-state index in [1.807, 2.05) is 54.6 Å². The second kappa shape index (κ2) is 6.17. The lowest BCUT2D eigenvalue weighted by Crippen LogP contribution is -2.05. The van der Waals surface area contributed by atoms with E-state index in [-0.39, 0.29) is 5.97 Å². The topological polar surface area (TPSA) is 26.3 Å². The molecular weight excluding hydrogens is 296 g/mol. The van der Waals surface area contributed by atoms with Gasteiger partial charge in [0.1, 0.15) is 5.75 Å². The molecule has 0 amide bonds. The Morgan fingerprint density at radius 1 is 0.833 bits per heavy atom. The number of carbonyl (C=O) groups excluding carboxylic acids is 1. The maximum Gasteiger partial charge on any atom is 0.336 e. The Morgan fingerprint density at radius 3 is 2.46 bits per heavy atom. The monoisotopic (exact) mass is 312 g/mol. The van der Waals surface area contributed by atoms with Crippen LogP contribution in [0.25, 0.3) is 17.2 Å². The summed E-state index contributed by atoms with van der Waals surface area (Å²) in [7, 11) is 0. The zero-order valence-electron chi connectivity index (χ0n) is 13.1. The third-order valence-corrected chi connectivity index (χ3v) is 4.23. The molecule has 0 radical (unpaired) electrons. The Morgan fingerprint density at radius 2 is 1.58 bits per heavy atom. The van der Waals surface area contributed by atoms with E-state index in [2.05, 4.69) is 18.2 Å². The Kier molecular flexibility index (Phi) is 3.72. The third-order valence-electron chi connectivity index (χ3n) is 4.23. The number of esters is 1. The van der Waals surface area contributed by atoms with Crippen molar-refractivity contribution in [1.82, 2.24) is 0 Å². The lowest BCUT2D eigenvalue weighted by molar-refractivity contribution is -0.128. The average molecular weight is 312 g/mol. The van der Waals surface area contributed by atoms with E-state index >= 15 is 0 Å². The maximum atomic E-state index is 12.1. The molecule has 4 rings (SSSR count). The molecule has 0 fully saturated rings. The zero-order chi connectivity index (χ0) is 16.4. The molecule has 24 heavy (non-hydrogen) atoms. The van der Waals surface area contributed by atoms with Crippen LogP contribution in [-0.4, -0.2) is 5.97 Å². The Bertz CT molecular complexity index is 924. The number of rotatable bonds is 3. The van der Waals surface area contributed by atoms with E-state index in [1.54, 1.807) is 6.08 Å². The minimum absolute atomic E-state index is 0.358. The number of benzene rings is 3. The fraction of sp³-hybridized carbons (Fsp3) is 0.0455. The van der Waals surface area contributed by atoms with E-state index in [0.29, 0.717) is 5.75 Å². The van der Waals surface area contributed by atoms with Crippen molar-refractivity contribution in [3.63, 3.8) is 0 Å². The quantitative estimate of drug-likeness (QED) is 0.306. The van der Waals surface area contributed by atoms with Gasteiger partial charge >= 0.3 is 5.97 Å². The van der Waals surface area contributed by atoms with Gasteiger partial charge in [0.15, 0.2) is 0 Å². The summed E-state index contributed by atoms with van der Waals surface area (Å²) in [6, 6.07) is 23.9. The first-order valence-electron chi connectivity index (χ1n) is 7.96. The van der Waals surface area contributed by atoms with Crippen LogP contribution in [0.1, 0.15) is 16.7 Å². The van der Waals surface area contributed by atoms with Crippen molar-refractivity contribution in [3.05, 3.63) is 95.6 Å². The summed E-state index contributed by atoms with van der Waals surface area (Å²) in [5.74, 6) is 0.287. The van der Waals surface area contributed by atoms with E-state index < -0.39 is 0 Å². The summed E-state index contributed by atoms with van der Waals surface area (Å²) in [6.45, 7) is 0. The van der Waals surface area contributed by atoms with Crippen LogP contribution < -0.4 is 4.74 Å². The smallest absolute Gasteiger partial charge is 0.336 e. The molecule has 2 nitrogen and oxygen atoms in total. The predicted molar refractivity (Wildman–Crippen MR) is 95.8 cm³/mol. The normalized spacial score (nSPS) is 12.0. The van der Waals surface area contributed by atoms with Crippen LogP contribution in [0.15, 0.2) is 78.9 Å². The molecule has 3 aromatic rings. The number of carbonyl (C=O) groups is 1. The molecule has 0 heterocycles. The van der Waals surface area contributed by atoms with Crippen molar-refractivity contribution in [2.24, 2.45) is 0 Å². The van der Waals surface area contributed by atoms with Crippen LogP contribution >= 0.6 is 0 Å². The molecule has 0 aromatic heterocycles. The number of fused-ring (bicyclic) bond motifs is 3. The summed E-state index contributed by atoms with van der Waals surface area (Å²) in [5.41, 5.74) is 5.71. The highest BCUT2D eigenvalue weighted by molar-refractivity contribution is 5.89. The molecule has 0 unspecified atom stereocenters. The molecule has 0 saturated heterocycles. The molecule has 0 spiro atoms. The van der Waals surface area contributed by atoms with Crippen molar-refractivity contribution < 1.29 is 9.53 Å². The first-order chi connectivity index (χ1) is 11.8. The fourth-order valence-electron chi connectivity index (χ4n) is 3.09. The summed E-state index contributed by atoms with van der Waals surface area (Å²) >= 11 is 0. The van der Waals surface area contributed by atoms with Crippen molar-refractivity contribution in [3.8, 4) is 16.9 Å². The molecule has 0 aliphatic heterocycles. The highest BCUT2D eigenvalue weighted by atomic mass is 16.5. The lowest BCUT2D eigenvalue weighted by atomic mass is 10.1. The molecule has 3 aromatic carbocycles. The first-order valence-corrected chi connectivity index (χ1v) is 7.96. The van der Waals surface area contributed by atoms with E-state index in [1.165, 1.54) is 17.2 Å². The standard InChI is InChI=1S/C22H16O2/c23-22(14-13-16-7-2-1-3-8-16)24-21-12-6-11-19-18-10-5-4-9-17(18)15-20(19)21/h1-14H,15H2. The van der Waals surface area contributed by atoms with Gasteiger partial charge in [0.2, 0.25) is 0 Å². The van der Waals surface area contributed by atoms with Gasteiger partial charge in [-0.3, -0.25) is 0 Å². The van der Waals surface area contributed by atoms with Crippen LogP contribution in [0.2, 0.25) is 0 Å². The van der Waals surface area contributed by atoms with Gasteiger partial charge in [-0.05, 0) is 34.4 Å². The molecule has 1 aliphatic carbocycles. The van der Waals surface area contributed by atoms with Crippen LogP contribution in [0.5, 0.6) is 5.75 Å². The van der Waals surface area contributed by atoms with Gasteiger partial charge in [0, 0.05) is 18.1 Å². The summed E-state index contributed by atoms with van der Waals surface area (Å²) in [6.07, 6.45) is 4.04. The number of ether oxygens (including phenoxy) is 1. The third kappa shape index (κ3) is 2.74. The van der Waals surface area contributed by atoms with Crippen molar-refractivity contribution in [1.29, 1.82) is 0 Å². The molecule has 2 heteroatoms. The van der Waals surface area contributed by atoms with Gasteiger partial charge in [-0.2, -0.15) is 0 Å².